The van der Waals surface area contributed by atoms with Crippen LogP contribution >= 0.6 is 0 Å². The number of para-hydroxylation sites is 1. The summed E-state index contributed by atoms with van der Waals surface area (Å²) in [5.74, 6) is 0.294. The number of carbonyl (C=O) groups excluding carboxylic acids is 2. The maximum Gasteiger partial charge on any atom is 0.264 e. The van der Waals surface area contributed by atoms with Crippen LogP contribution in [-0.2, 0) is 16.0 Å². The van der Waals surface area contributed by atoms with Crippen LogP contribution in [0, 0.1) is 0 Å². The van der Waals surface area contributed by atoms with Crippen molar-refractivity contribution in [3.05, 3.63) is 59.7 Å². The van der Waals surface area contributed by atoms with E-state index in [1.807, 2.05) is 49.5 Å². The maximum atomic E-state index is 13.4. The lowest BCUT2D eigenvalue weighted by Gasteiger charge is -2.33. The first-order chi connectivity index (χ1) is 14.9. The highest BCUT2D eigenvalue weighted by Gasteiger charge is 2.36. The first-order valence-electron chi connectivity index (χ1n) is 10.7. The molecule has 164 valence electrons. The molecule has 0 radical (unpaired) electrons. The van der Waals surface area contributed by atoms with E-state index in [0.717, 1.165) is 24.1 Å². The first kappa shape index (κ1) is 21.3. The van der Waals surface area contributed by atoms with Crippen molar-refractivity contribution in [1.29, 1.82) is 0 Å². The highest BCUT2D eigenvalue weighted by molar-refractivity contribution is 5.91. The third-order valence-corrected chi connectivity index (χ3v) is 6.03. The molecule has 2 aliphatic heterocycles. The highest BCUT2D eigenvalue weighted by atomic mass is 16.5. The quantitative estimate of drug-likeness (QED) is 0.745. The van der Waals surface area contributed by atoms with Gasteiger partial charge in [0.1, 0.15) is 5.75 Å². The smallest absolute Gasteiger partial charge is 0.264 e. The van der Waals surface area contributed by atoms with Crippen LogP contribution < -0.4 is 10.1 Å². The molecule has 2 aromatic carbocycles. The third-order valence-electron chi connectivity index (χ3n) is 6.03. The molecule has 0 aromatic heterocycles. The van der Waals surface area contributed by atoms with E-state index >= 15 is 0 Å². The molecule has 7 heteroatoms. The van der Waals surface area contributed by atoms with E-state index in [1.165, 1.54) is 6.92 Å². The van der Waals surface area contributed by atoms with Crippen molar-refractivity contribution in [3.63, 3.8) is 0 Å². The number of likely N-dealkylation sites (N-methyl/N-ethyl adjacent to an activating group) is 1. The molecular weight excluding hydrogens is 394 g/mol. The second-order valence-corrected chi connectivity index (χ2v) is 8.36. The number of fused-ring (bicyclic) bond motifs is 1. The number of rotatable bonds is 6. The van der Waals surface area contributed by atoms with Gasteiger partial charge in [0.25, 0.3) is 5.91 Å². The van der Waals surface area contributed by atoms with Crippen LogP contribution in [0.15, 0.2) is 48.5 Å². The van der Waals surface area contributed by atoms with Gasteiger partial charge in [-0.15, -0.1) is 0 Å². The molecule has 7 nitrogen and oxygen atoms in total. The van der Waals surface area contributed by atoms with E-state index in [-0.39, 0.29) is 24.0 Å². The summed E-state index contributed by atoms with van der Waals surface area (Å²) in [5.41, 5.74) is 2.56. The maximum absolute atomic E-state index is 13.4. The number of aliphatic hydroxyl groups is 1. The molecule has 0 unspecified atom stereocenters. The van der Waals surface area contributed by atoms with Crippen LogP contribution in [0.3, 0.4) is 0 Å². The number of carbonyl (C=O) groups is 2. The van der Waals surface area contributed by atoms with Crippen LogP contribution in [-0.4, -0.2) is 65.6 Å². The number of nitrogens with zero attached hydrogens (tertiary/aromatic N) is 2. The van der Waals surface area contributed by atoms with E-state index in [1.54, 1.807) is 11.0 Å². The van der Waals surface area contributed by atoms with Gasteiger partial charge in [-0.25, -0.2) is 0 Å². The van der Waals surface area contributed by atoms with Gasteiger partial charge in [-0.2, -0.15) is 0 Å². The summed E-state index contributed by atoms with van der Waals surface area (Å²) < 4.78 is 6.04. The molecule has 0 aliphatic carbocycles. The molecule has 2 heterocycles. The van der Waals surface area contributed by atoms with Gasteiger partial charge in [-0.3, -0.25) is 14.5 Å². The van der Waals surface area contributed by atoms with Crippen LogP contribution in [0.1, 0.15) is 30.5 Å². The summed E-state index contributed by atoms with van der Waals surface area (Å²) in [7, 11) is 1.81. The van der Waals surface area contributed by atoms with Crippen molar-refractivity contribution >= 4 is 17.5 Å². The number of anilines is 1. The number of nitrogens with one attached hydrogen (secondary N) is 1. The minimum absolute atomic E-state index is 0.0985. The Kier molecular flexibility index (Phi) is 6.25. The van der Waals surface area contributed by atoms with Crippen LogP contribution in [0.25, 0.3) is 0 Å². The molecule has 2 aromatic rings. The largest absolute Gasteiger partial charge is 0.478 e. The molecule has 2 amide bonds. The minimum atomic E-state index is -0.634. The fourth-order valence-corrected chi connectivity index (χ4v) is 4.42. The lowest BCUT2D eigenvalue weighted by atomic mass is 10.0. The van der Waals surface area contributed by atoms with Gasteiger partial charge in [0, 0.05) is 45.6 Å². The summed E-state index contributed by atoms with van der Waals surface area (Å²) in [6, 6.07) is 15.4. The number of hydrogen-bond acceptors (Lipinski definition) is 5. The Morgan fingerprint density at radius 1 is 1.23 bits per heavy atom. The molecule has 0 bridgehead atoms. The Hall–Kier alpha value is -2.90. The zero-order chi connectivity index (χ0) is 22.0. The number of hydrogen-bond donors (Lipinski definition) is 2. The standard InChI is InChI=1S/C24H29N3O4/c1-16(28)25-20-10-6-9-18-13-22(31-23(18)20)24(30)26(2)21(17-7-4-3-5-8-17)15-27-12-11-19(29)14-27/h3-10,19,21-22,29H,11-15H2,1-2H3,(H,25,28)/t19-,21+,22+/m0/s1. The van der Waals surface area contributed by atoms with E-state index in [0.29, 0.717) is 30.9 Å². The van der Waals surface area contributed by atoms with Gasteiger partial charge >= 0.3 is 0 Å². The predicted molar refractivity (Wildman–Crippen MR) is 118 cm³/mol. The Balaban J connectivity index is 1.52. The van der Waals surface area contributed by atoms with Crippen molar-refractivity contribution in [2.24, 2.45) is 0 Å². The number of benzene rings is 2. The molecule has 0 saturated carbocycles. The topological polar surface area (TPSA) is 82.1 Å². The first-order valence-corrected chi connectivity index (χ1v) is 10.7. The zero-order valence-corrected chi connectivity index (χ0v) is 18.0. The zero-order valence-electron chi connectivity index (χ0n) is 18.0. The van der Waals surface area contributed by atoms with Crippen molar-refractivity contribution in [2.75, 3.05) is 32.0 Å². The molecule has 2 N–H and O–H groups in total. The predicted octanol–water partition coefficient (Wildman–Crippen LogP) is 2.21. The SMILES string of the molecule is CC(=O)Nc1cccc2c1O[C@@H](C(=O)N(C)[C@H](CN1CC[C@H](O)C1)c1ccccc1)C2. The Bertz CT molecular complexity index is 949. The van der Waals surface area contributed by atoms with Gasteiger partial charge in [0.05, 0.1) is 17.8 Å². The Morgan fingerprint density at radius 3 is 2.68 bits per heavy atom. The van der Waals surface area contributed by atoms with Crippen LogP contribution in [0.4, 0.5) is 5.69 Å². The average Bonchev–Trinajstić information content (AvgIpc) is 3.38. The fraction of sp³-hybridized carbons (Fsp3) is 0.417. The minimum Gasteiger partial charge on any atom is -0.478 e. The summed E-state index contributed by atoms with van der Waals surface area (Å²) in [4.78, 5) is 28.9. The summed E-state index contributed by atoms with van der Waals surface area (Å²) in [5, 5.41) is 12.7. The van der Waals surface area contributed by atoms with Crippen molar-refractivity contribution in [1.82, 2.24) is 9.80 Å². The highest BCUT2D eigenvalue weighted by Crippen LogP contribution is 2.37. The van der Waals surface area contributed by atoms with Gasteiger partial charge in [-0.05, 0) is 18.1 Å². The van der Waals surface area contributed by atoms with E-state index in [9.17, 15) is 14.7 Å². The molecule has 2 aliphatic rings. The van der Waals surface area contributed by atoms with Crippen molar-refractivity contribution in [2.45, 2.75) is 38.0 Å². The van der Waals surface area contributed by atoms with Crippen molar-refractivity contribution < 1.29 is 19.4 Å². The molecule has 3 atom stereocenters. The summed E-state index contributed by atoms with van der Waals surface area (Å²) in [6.45, 7) is 3.54. The number of amides is 2. The second kappa shape index (κ2) is 9.08. The number of aliphatic hydroxyl groups excluding tert-OH is 1. The normalized spacial score (nSPS) is 21.3. The van der Waals surface area contributed by atoms with E-state index in [2.05, 4.69) is 10.2 Å². The number of ether oxygens (including phenoxy) is 1. The van der Waals surface area contributed by atoms with Crippen LogP contribution in [0.2, 0.25) is 0 Å². The summed E-state index contributed by atoms with van der Waals surface area (Å²) in [6.07, 6.45) is 0.282. The van der Waals surface area contributed by atoms with E-state index in [4.69, 9.17) is 4.74 Å². The average molecular weight is 424 g/mol. The molecular formula is C24H29N3O4. The van der Waals surface area contributed by atoms with Crippen LogP contribution in [0.5, 0.6) is 5.75 Å². The fourth-order valence-electron chi connectivity index (χ4n) is 4.42. The van der Waals surface area contributed by atoms with Gasteiger partial charge in [-0.1, -0.05) is 42.5 Å². The van der Waals surface area contributed by atoms with Gasteiger partial charge < -0.3 is 20.1 Å². The molecule has 4 rings (SSSR count). The number of β-amino-alcohol motifs (C(OH)–C–C–N with tert-alkyl or cyclic N) is 1. The van der Waals surface area contributed by atoms with Crippen molar-refractivity contribution in [3.8, 4) is 5.75 Å². The molecule has 1 fully saturated rings. The third kappa shape index (κ3) is 4.73. The summed E-state index contributed by atoms with van der Waals surface area (Å²) >= 11 is 0. The Labute approximate surface area is 182 Å². The second-order valence-electron chi connectivity index (χ2n) is 8.36. The monoisotopic (exact) mass is 423 g/mol. The lowest BCUT2D eigenvalue weighted by Crippen LogP contribution is -2.44. The number of likely N-dealkylation sites (tertiary alicyclic amines) is 1. The van der Waals surface area contributed by atoms with E-state index < -0.39 is 6.10 Å². The van der Waals surface area contributed by atoms with Gasteiger partial charge in [0.2, 0.25) is 5.91 Å². The molecule has 31 heavy (non-hydrogen) atoms. The Morgan fingerprint density at radius 2 is 2.00 bits per heavy atom. The molecule has 1 saturated heterocycles. The molecule has 0 spiro atoms. The lowest BCUT2D eigenvalue weighted by molar-refractivity contribution is -0.139. The van der Waals surface area contributed by atoms with Gasteiger partial charge in [0.15, 0.2) is 6.10 Å².